The molecule has 0 aromatic heterocycles. The summed E-state index contributed by atoms with van der Waals surface area (Å²) in [5.74, 6) is 1.04. The van der Waals surface area contributed by atoms with Crippen molar-refractivity contribution in [1.29, 1.82) is 0 Å². The molecule has 4 nitrogen and oxygen atoms in total. The van der Waals surface area contributed by atoms with Crippen molar-refractivity contribution in [3.05, 3.63) is 23.8 Å². The summed E-state index contributed by atoms with van der Waals surface area (Å²) in [4.78, 5) is 0.184. The van der Waals surface area contributed by atoms with Crippen LogP contribution in [0.3, 0.4) is 0 Å². The Morgan fingerprint density at radius 3 is 2.68 bits per heavy atom. The molecule has 5 heteroatoms. The van der Waals surface area contributed by atoms with Crippen molar-refractivity contribution < 1.29 is 8.42 Å². The Labute approximate surface area is 115 Å². The summed E-state index contributed by atoms with van der Waals surface area (Å²) in [6.07, 6.45) is 3.49. The number of hydrogen-bond acceptors (Lipinski definition) is 3. The fraction of sp³-hybridized carbons (Fsp3) is 0.571. The average molecular weight is 282 g/mol. The SMILES string of the molecule is Cc1ccc(S(=O)(=O)NCC2CCCC2C)c(N)c1. The molecule has 2 rings (SSSR count). The minimum absolute atomic E-state index is 0.184. The van der Waals surface area contributed by atoms with Gasteiger partial charge in [-0.3, -0.25) is 0 Å². The van der Waals surface area contributed by atoms with Crippen molar-refractivity contribution in [2.75, 3.05) is 12.3 Å². The molecule has 2 unspecified atom stereocenters. The van der Waals surface area contributed by atoms with Crippen LogP contribution in [0, 0.1) is 18.8 Å². The van der Waals surface area contributed by atoms with Gasteiger partial charge in [-0.25, -0.2) is 13.1 Å². The van der Waals surface area contributed by atoms with E-state index in [1.54, 1.807) is 18.2 Å². The van der Waals surface area contributed by atoms with E-state index < -0.39 is 10.0 Å². The minimum Gasteiger partial charge on any atom is -0.398 e. The lowest BCUT2D eigenvalue weighted by atomic mass is 9.99. The van der Waals surface area contributed by atoms with Crippen LogP contribution >= 0.6 is 0 Å². The third-order valence-corrected chi connectivity index (χ3v) is 5.53. The van der Waals surface area contributed by atoms with Crippen molar-refractivity contribution >= 4 is 15.7 Å². The third-order valence-electron chi connectivity index (χ3n) is 4.03. The van der Waals surface area contributed by atoms with Gasteiger partial charge in [-0.15, -0.1) is 0 Å². The molecular weight excluding hydrogens is 260 g/mol. The number of benzene rings is 1. The van der Waals surface area contributed by atoms with Crippen molar-refractivity contribution in [2.24, 2.45) is 11.8 Å². The van der Waals surface area contributed by atoms with Gasteiger partial charge in [0.15, 0.2) is 0 Å². The molecule has 0 bridgehead atoms. The summed E-state index contributed by atoms with van der Waals surface area (Å²) >= 11 is 0. The highest BCUT2D eigenvalue weighted by molar-refractivity contribution is 7.89. The molecule has 2 atom stereocenters. The van der Waals surface area contributed by atoms with Crippen LogP contribution in [0.1, 0.15) is 31.7 Å². The number of nitrogens with one attached hydrogen (secondary N) is 1. The van der Waals surface area contributed by atoms with Gasteiger partial charge in [0.2, 0.25) is 10.0 Å². The molecule has 3 N–H and O–H groups in total. The topological polar surface area (TPSA) is 72.2 Å². The van der Waals surface area contributed by atoms with Gasteiger partial charge in [-0.05, 0) is 42.9 Å². The van der Waals surface area contributed by atoms with E-state index >= 15 is 0 Å². The van der Waals surface area contributed by atoms with E-state index in [-0.39, 0.29) is 4.90 Å². The van der Waals surface area contributed by atoms with Gasteiger partial charge in [0.1, 0.15) is 4.90 Å². The maximum absolute atomic E-state index is 12.2. The highest BCUT2D eigenvalue weighted by Gasteiger charge is 2.25. The van der Waals surface area contributed by atoms with Crippen molar-refractivity contribution in [3.63, 3.8) is 0 Å². The molecule has 1 aromatic rings. The maximum atomic E-state index is 12.2. The van der Waals surface area contributed by atoms with Crippen LogP contribution < -0.4 is 10.5 Å². The van der Waals surface area contributed by atoms with Gasteiger partial charge in [-0.2, -0.15) is 0 Å². The smallest absolute Gasteiger partial charge is 0.242 e. The molecule has 1 aliphatic rings. The summed E-state index contributed by atoms with van der Waals surface area (Å²) in [7, 11) is -3.49. The summed E-state index contributed by atoms with van der Waals surface area (Å²) in [6.45, 7) is 4.59. The van der Waals surface area contributed by atoms with Crippen molar-refractivity contribution in [3.8, 4) is 0 Å². The van der Waals surface area contributed by atoms with Gasteiger partial charge < -0.3 is 5.73 Å². The number of nitrogen functional groups attached to an aromatic ring is 1. The van der Waals surface area contributed by atoms with Crippen molar-refractivity contribution in [1.82, 2.24) is 4.72 Å². The Morgan fingerprint density at radius 1 is 1.37 bits per heavy atom. The lowest BCUT2D eigenvalue weighted by Gasteiger charge is -2.16. The predicted molar refractivity (Wildman–Crippen MR) is 77.3 cm³/mol. The zero-order valence-electron chi connectivity index (χ0n) is 11.5. The number of sulfonamides is 1. The van der Waals surface area contributed by atoms with Gasteiger partial charge in [-0.1, -0.05) is 25.8 Å². The third kappa shape index (κ3) is 3.28. The van der Waals surface area contributed by atoms with E-state index in [0.717, 1.165) is 12.0 Å². The number of hydrogen-bond donors (Lipinski definition) is 2. The number of aryl methyl sites for hydroxylation is 1. The second kappa shape index (κ2) is 5.51. The Bertz CT molecular complexity index is 555. The Balaban J connectivity index is 2.09. The molecule has 0 saturated heterocycles. The van der Waals surface area contributed by atoms with Crippen LogP contribution in [0.15, 0.2) is 23.1 Å². The van der Waals surface area contributed by atoms with Crippen LogP contribution in [0.5, 0.6) is 0 Å². The van der Waals surface area contributed by atoms with Gasteiger partial charge in [0.05, 0.1) is 5.69 Å². The first kappa shape index (κ1) is 14.3. The lowest BCUT2D eigenvalue weighted by Crippen LogP contribution is -2.30. The van der Waals surface area contributed by atoms with Gasteiger partial charge >= 0.3 is 0 Å². The minimum atomic E-state index is -3.49. The molecule has 0 spiro atoms. The lowest BCUT2D eigenvalue weighted by molar-refractivity contribution is 0.414. The zero-order valence-corrected chi connectivity index (χ0v) is 12.3. The van der Waals surface area contributed by atoms with E-state index in [0.29, 0.717) is 24.1 Å². The summed E-state index contributed by atoms with van der Waals surface area (Å²) < 4.78 is 27.2. The molecule has 0 heterocycles. The van der Waals surface area contributed by atoms with E-state index in [4.69, 9.17) is 5.73 Å². The van der Waals surface area contributed by atoms with Crippen LogP contribution in [-0.4, -0.2) is 15.0 Å². The van der Waals surface area contributed by atoms with Crippen LogP contribution in [-0.2, 0) is 10.0 Å². The van der Waals surface area contributed by atoms with Crippen molar-refractivity contribution in [2.45, 2.75) is 38.0 Å². The molecule has 1 aliphatic carbocycles. The van der Waals surface area contributed by atoms with E-state index in [2.05, 4.69) is 11.6 Å². The van der Waals surface area contributed by atoms with Crippen LogP contribution in [0.4, 0.5) is 5.69 Å². The van der Waals surface area contributed by atoms with E-state index in [9.17, 15) is 8.42 Å². The largest absolute Gasteiger partial charge is 0.398 e. The summed E-state index contributed by atoms with van der Waals surface area (Å²) in [6, 6.07) is 5.03. The first-order valence-corrected chi connectivity index (χ1v) is 8.24. The molecule has 0 amide bonds. The monoisotopic (exact) mass is 282 g/mol. The van der Waals surface area contributed by atoms with Gasteiger partial charge in [0.25, 0.3) is 0 Å². The number of rotatable bonds is 4. The molecule has 0 radical (unpaired) electrons. The fourth-order valence-electron chi connectivity index (χ4n) is 2.73. The quantitative estimate of drug-likeness (QED) is 0.832. The molecule has 1 saturated carbocycles. The standard InChI is InChI=1S/C14H22N2O2S/c1-10-6-7-14(13(15)8-10)19(17,18)16-9-12-5-3-4-11(12)2/h6-8,11-12,16H,3-5,9,15H2,1-2H3. The normalized spacial score (nSPS) is 23.7. The van der Waals surface area contributed by atoms with Crippen LogP contribution in [0.25, 0.3) is 0 Å². The molecule has 19 heavy (non-hydrogen) atoms. The first-order valence-electron chi connectivity index (χ1n) is 6.76. The molecule has 1 fully saturated rings. The molecule has 106 valence electrons. The summed E-state index contributed by atoms with van der Waals surface area (Å²) in [5, 5.41) is 0. The zero-order chi connectivity index (χ0) is 14.0. The second-order valence-corrected chi connectivity index (χ2v) is 7.30. The summed E-state index contributed by atoms with van der Waals surface area (Å²) in [5.41, 5.74) is 7.07. The average Bonchev–Trinajstić information content (AvgIpc) is 2.72. The second-order valence-electron chi connectivity index (χ2n) is 5.56. The molecule has 0 aliphatic heterocycles. The Hall–Kier alpha value is -1.07. The molecular formula is C14H22N2O2S. The highest BCUT2D eigenvalue weighted by Crippen LogP contribution is 2.31. The number of nitrogens with two attached hydrogens (primary N) is 1. The first-order chi connectivity index (χ1) is 8.90. The fourth-order valence-corrected chi connectivity index (χ4v) is 3.94. The maximum Gasteiger partial charge on any atom is 0.242 e. The van der Waals surface area contributed by atoms with Gasteiger partial charge in [0, 0.05) is 6.54 Å². The Kier molecular flexibility index (Phi) is 4.16. The molecule has 1 aromatic carbocycles. The van der Waals surface area contributed by atoms with E-state index in [1.807, 2.05) is 6.92 Å². The Morgan fingerprint density at radius 2 is 2.11 bits per heavy atom. The number of anilines is 1. The highest BCUT2D eigenvalue weighted by atomic mass is 32.2. The van der Waals surface area contributed by atoms with Crippen LogP contribution in [0.2, 0.25) is 0 Å². The predicted octanol–water partition coefficient (Wildman–Crippen LogP) is 2.29. The van der Waals surface area contributed by atoms with E-state index in [1.165, 1.54) is 12.8 Å².